The van der Waals surface area contributed by atoms with Gasteiger partial charge in [0.2, 0.25) is 5.91 Å². The fourth-order valence-electron chi connectivity index (χ4n) is 4.60. The first-order chi connectivity index (χ1) is 15.4. The number of alkyl halides is 3. The number of carbonyl (C=O) groups excluding carboxylic acids is 2. The molecule has 174 valence electrons. The number of fused-ring (bicyclic) bond motifs is 1. The standard InChI is InChI=1S/C23H23ClF2N4O3/c1-13(31)30-12-22(2,3)20-17(18-8-9-27-29-18)10-14(11-19(20)30)21(32)28-15-4-6-16(7-5-15)33-23(24,25)26/h4-11,17,20H,12H2,1-3H3,(H,27,29)(H,28,32). The van der Waals surface area contributed by atoms with E-state index in [0.29, 0.717) is 17.8 Å². The van der Waals surface area contributed by atoms with E-state index in [-0.39, 0.29) is 28.9 Å². The second-order valence-corrected chi connectivity index (χ2v) is 9.27. The van der Waals surface area contributed by atoms with Gasteiger partial charge in [-0.15, -0.1) is 8.78 Å². The minimum absolute atomic E-state index is 0.0212. The van der Waals surface area contributed by atoms with Gasteiger partial charge in [0.25, 0.3) is 5.91 Å². The summed E-state index contributed by atoms with van der Waals surface area (Å²) in [7, 11) is 0. The molecule has 2 aliphatic rings. The summed E-state index contributed by atoms with van der Waals surface area (Å²) in [6.07, 6.45) is 5.27. The Hall–Kier alpha value is -3.20. The number of rotatable bonds is 5. The number of amides is 2. The minimum Gasteiger partial charge on any atom is -0.420 e. The van der Waals surface area contributed by atoms with Crippen molar-refractivity contribution in [2.45, 2.75) is 32.3 Å². The molecule has 1 aliphatic carbocycles. The molecule has 2 amide bonds. The number of ether oxygens (including phenoxy) is 1. The van der Waals surface area contributed by atoms with E-state index in [2.05, 4.69) is 34.1 Å². The molecule has 33 heavy (non-hydrogen) atoms. The van der Waals surface area contributed by atoms with E-state index in [1.54, 1.807) is 17.2 Å². The number of nitrogens with one attached hydrogen (secondary N) is 2. The molecule has 1 saturated heterocycles. The van der Waals surface area contributed by atoms with Gasteiger partial charge in [-0.1, -0.05) is 19.9 Å². The van der Waals surface area contributed by atoms with Crippen LogP contribution >= 0.6 is 11.6 Å². The van der Waals surface area contributed by atoms with Crippen molar-refractivity contribution in [2.75, 3.05) is 11.9 Å². The van der Waals surface area contributed by atoms with Gasteiger partial charge < -0.3 is 15.0 Å². The summed E-state index contributed by atoms with van der Waals surface area (Å²) in [6.45, 7) is 6.25. The second kappa shape index (κ2) is 8.30. The summed E-state index contributed by atoms with van der Waals surface area (Å²) in [5, 5.41) is 9.80. The Bertz CT molecular complexity index is 1120. The predicted octanol–water partition coefficient (Wildman–Crippen LogP) is 4.63. The fourth-order valence-corrected chi connectivity index (χ4v) is 4.69. The molecule has 2 atom stereocenters. The van der Waals surface area contributed by atoms with Crippen LogP contribution in [0.2, 0.25) is 0 Å². The topological polar surface area (TPSA) is 87.3 Å². The minimum atomic E-state index is -3.82. The molecule has 2 heterocycles. The van der Waals surface area contributed by atoms with Gasteiger partial charge in [-0.2, -0.15) is 5.10 Å². The lowest BCUT2D eigenvalue weighted by Crippen LogP contribution is -2.29. The zero-order valence-electron chi connectivity index (χ0n) is 18.2. The quantitative estimate of drug-likeness (QED) is 0.616. The molecule has 2 aromatic rings. The zero-order chi connectivity index (χ0) is 24.0. The van der Waals surface area contributed by atoms with Crippen molar-refractivity contribution in [3.8, 4) is 5.75 Å². The summed E-state index contributed by atoms with van der Waals surface area (Å²) in [5.74, 6) is -0.829. The van der Waals surface area contributed by atoms with Crippen molar-refractivity contribution < 1.29 is 23.1 Å². The highest BCUT2D eigenvalue weighted by atomic mass is 35.5. The van der Waals surface area contributed by atoms with E-state index in [9.17, 15) is 18.4 Å². The van der Waals surface area contributed by atoms with Crippen LogP contribution in [0.5, 0.6) is 5.75 Å². The highest BCUT2D eigenvalue weighted by Gasteiger charge is 2.50. The summed E-state index contributed by atoms with van der Waals surface area (Å²) >= 11 is 4.77. The van der Waals surface area contributed by atoms with Gasteiger partial charge in [0, 0.05) is 65.8 Å². The third-order valence-corrected chi connectivity index (χ3v) is 6.01. The Morgan fingerprint density at radius 1 is 1.27 bits per heavy atom. The number of aromatic amines is 1. The van der Waals surface area contributed by atoms with Crippen molar-refractivity contribution in [3.63, 3.8) is 0 Å². The summed E-state index contributed by atoms with van der Waals surface area (Å²) in [4.78, 5) is 27.2. The lowest BCUT2D eigenvalue weighted by molar-refractivity contribution is -0.126. The van der Waals surface area contributed by atoms with E-state index in [1.807, 2.05) is 12.1 Å². The maximum atomic E-state index is 13.1. The fraction of sp³-hybridized carbons (Fsp3) is 0.348. The smallest absolute Gasteiger partial charge is 0.420 e. The Kier molecular flexibility index (Phi) is 5.78. The van der Waals surface area contributed by atoms with Crippen molar-refractivity contribution in [1.82, 2.24) is 15.1 Å². The maximum Gasteiger partial charge on any atom is 0.487 e. The third-order valence-electron chi connectivity index (χ3n) is 5.93. The zero-order valence-corrected chi connectivity index (χ0v) is 19.0. The first-order valence-electron chi connectivity index (χ1n) is 10.3. The summed E-state index contributed by atoms with van der Waals surface area (Å²) in [6, 6.07) is 7.28. The Morgan fingerprint density at radius 2 is 1.97 bits per heavy atom. The van der Waals surface area contributed by atoms with E-state index >= 15 is 0 Å². The number of aromatic nitrogens is 2. The largest absolute Gasteiger partial charge is 0.487 e. The van der Waals surface area contributed by atoms with Gasteiger partial charge in [0.15, 0.2) is 0 Å². The van der Waals surface area contributed by atoms with Crippen LogP contribution in [0.1, 0.15) is 32.4 Å². The Morgan fingerprint density at radius 3 is 2.55 bits per heavy atom. The van der Waals surface area contributed by atoms with Crippen LogP contribution in [0.4, 0.5) is 14.5 Å². The molecule has 1 aromatic heterocycles. The van der Waals surface area contributed by atoms with Crippen molar-refractivity contribution in [3.05, 3.63) is 65.6 Å². The number of hydrogen-bond acceptors (Lipinski definition) is 4. The van der Waals surface area contributed by atoms with E-state index in [0.717, 1.165) is 11.4 Å². The molecule has 1 aromatic carbocycles. The van der Waals surface area contributed by atoms with Crippen LogP contribution in [0.15, 0.2) is 60.0 Å². The van der Waals surface area contributed by atoms with Crippen molar-refractivity contribution in [1.29, 1.82) is 0 Å². The van der Waals surface area contributed by atoms with Crippen molar-refractivity contribution in [2.24, 2.45) is 11.3 Å². The highest BCUT2D eigenvalue weighted by Crippen LogP contribution is 2.52. The van der Waals surface area contributed by atoms with Crippen LogP contribution < -0.4 is 10.1 Å². The number of allylic oxidation sites excluding steroid dienone is 2. The molecule has 2 unspecified atom stereocenters. The average molecular weight is 477 g/mol. The molecule has 1 aliphatic heterocycles. The predicted molar refractivity (Wildman–Crippen MR) is 119 cm³/mol. The number of H-pyrrole nitrogens is 1. The highest BCUT2D eigenvalue weighted by molar-refractivity contribution is 6.20. The van der Waals surface area contributed by atoms with Crippen LogP contribution in [0.25, 0.3) is 0 Å². The van der Waals surface area contributed by atoms with Crippen molar-refractivity contribution >= 4 is 29.1 Å². The third kappa shape index (κ3) is 4.78. The first kappa shape index (κ1) is 23.0. The molecular formula is C23H23ClF2N4O3. The SMILES string of the molecule is CC(=O)N1CC(C)(C)C2C1=CC(C(=O)Nc1ccc(OC(F)(F)Cl)cc1)=CC2c1ccn[nH]1. The Balaban J connectivity index is 1.63. The first-order valence-corrected chi connectivity index (χ1v) is 10.7. The monoisotopic (exact) mass is 476 g/mol. The van der Waals surface area contributed by atoms with Gasteiger partial charge in [-0.25, -0.2) is 0 Å². The average Bonchev–Trinajstić information content (AvgIpc) is 3.34. The number of hydrogen-bond donors (Lipinski definition) is 2. The second-order valence-electron chi connectivity index (χ2n) is 8.83. The van der Waals surface area contributed by atoms with Gasteiger partial charge in [0.05, 0.1) is 0 Å². The summed E-state index contributed by atoms with van der Waals surface area (Å²) in [5.41, 5.74) is -1.63. The van der Waals surface area contributed by atoms with Crippen LogP contribution in [0.3, 0.4) is 0 Å². The van der Waals surface area contributed by atoms with Gasteiger partial charge >= 0.3 is 5.57 Å². The molecule has 0 bridgehead atoms. The van der Waals surface area contributed by atoms with Crippen LogP contribution in [0, 0.1) is 11.3 Å². The van der Waals surface area contributed by atoms with E-state index < -0.39 is 11.5 Å². The number of nitrogens with zero attached hydrogens (tertiary/aromatic N) is 2. The lowest BCUT2D eigenvalue weighted by atomic mass is 9.69. The van der Waals surface area contributed by atoms with Crippen LogP contribution in [-0.4, -0.2) is 39.0 Å². The molecule has 7 nitrogen and oxygen atoms in total. The maximum absolute atomic E-state index is 13.1. The molecule has 0 spiro atoms. The molecular weight excluding hydrogens is 454 g/mol. The van der Waals surface area contributed by atoms with Gasteiger partial charge in [-0.05, 0) is 41.8 Å². The summed E-state index contributed by atoms with van der Waals surface area (Å²) < 4.78 is 29.9. The number of halogens is 3. The molecule has 2 N–H and O–H groups in total. The molecule has 10 heteroatoms. The molecule has 4 rings (SSSR count). The lowest BCUT2D eigenvalue weighted by Gasteiger charge is -2.34. The van der Waals surface area contributed by atoms with Gasteiger partial charge in [0.1, 0.15) is 5.75 Å². The number of carbonyl (C=O) groups is 2. The molecule has 0 radical (unpaired) electrons. The Labute approximate surface area is 194 Å². The molecule has 0 saturated carbocycles. The van der Waals surface area contributed by atoms with E-state index in [1.165, 1.54) is 31.2 Å². The normalized spacial score (nSPS) is 21.7. The van der Waals surface area contributed by atoms with E-state index in [4.69, 9.17) is 11.6 Å². The number of likely N-dealkylation sites (tertiary alicyclic amines) is 1. The van der Waals surface area contributed by atoms with Gasteiger partial charge in [-0.3, -0.25) is 14.7 Å². The van der Waals surface area contributed by atoms with Crippen LogP contribution in [-0.2, 0) is 9.59 Å². The number of benzene rings is 1. The molecule has 1 fully saturated rings. The number of anilines is 1.